The van der Waals surface area contributed by atoms with Crippen molar-refractivity contribution in [2.45, 2.75) is 53.0 Å². The molecule has 16 heavy (non-hydrogen) atoms. The van der Waals surface area contributed by atoms with E-state index in [0.29, 0.717) is 6.04 Å². The number of likely N-dealkylation sites (N-methyl/N-ethyl adjacent to an activating group) is 1. The van der Waals surface area contributed by atoms with Gasteiger partial charge in [0.25, 0.3) is 0 Å². The SMILES string of the molecule is CCNC(CN1CCC(CC)CC1)C(C)C. The molecule has 2 nitrogen and oxygen atoms in total. The Hall–Kier alpha value is -0.0800. The summed E-state index contributed by atoms with van der Waals surface area (Å²) in [4.78, 5) is 2.65. The molecule has 1 unspecified atom stereocenters. The minimum Gasteiger partial charge on any atom is -0.313 e. The highest BCUT2D eigenvalue weighted by Gasteiger charge is 2.21. The highest BCUT2D eigenvalue weighted by Crippen LogP contribution is 2.20. The number of hydrogen-bond acceptors (Lipinski definition) is 2. The maximum Gasteiger partial charge on any atom is 0.0217 e. The van der Waals surface area contributed by atoms with Gasteiger partial charge < -0.3 is 10.2 Å². The summed E-state index contributed by atoms with van der Waals surface area (Å²) in [6.07, 6.45) is 4.19. The molecular weight excluding hydrogens is 196 g/mol. The van der Waals surface area contributed by atoms with Gasteiger partial charge in [0.05, 0.1) is 0 Å². The van der Waals surface area contributed by atoms with E-state index < -0.39 is 0 Å². The van der Waals surface area contributed by atoms with Crippen molar-refractivity contribution in [2.75, 3.05) is 26.2 Å². The van der Waals surface area contributed by atoms with Gasteiger partial charge in [-0.2, -0.15) is 0 Å². The van der Waals surface area contributed by atoms with Gasteiger partial charge in [0.1, 0.15) is 0 Å². The largest absolute Gasteiger partial charge is 0.313 e. The Morgan fingerprint density at radius 2 is 1.81 bits per heavy atom. The summed E-state index contributed by atoms with van der Waals surface area (Å²) < 4.78 is 0. The van der Waals surface area contributed by atoms with Crippen LogP contribution in [0.3, 0.4) is 0 Å². The molecule has 0 saturated carbocycles. The quantitative estimate of drug-likeness (QED) is 0.749. The molecule has 0 amide bonds. The van der Waals surface area contributed by atoms with Gasteiger partial charge in [0, 0.05) is 12.6 Å². The normalized spacial score (nSPS) is 21.6. The minimum atomic E-state index is 0.670. The van der Waals surface area contributed by atoms with E-state index in [4.69, 9.17) is 0 Å². The zero-order valence-corrected chi connectivity index (χ0v) is 11.6. The van der Waals surface area contributed by atoms with Crippen LogP contribution in [0.2, 0.25) is 0 Å². The first-order valence-electron chi connectivity index (χ1n) is 7.13. The number of nitrogens with zero attached hydrogens (tertiary/aromatic N) is 1. The fourth-order valence-corrected chi connectivity index (χ4v) is 2.63. The third-order valence-corrected chi connectivity index (χ3v) is 4.01. The summed E-state index contributed by atoms with van der Waals surface area (Å²) in [7, 11) is 0. The lowest BCUT2D eigenvalue weighted by Crippen LogP contribution is -2.46. The van der Waals surface area contributed by atoms with Crippen LogP contribution < -0.4 is 5.32 Å². The van der Waals surface area contributed by atoms with Crippen LogP contribution in [0, 0.1) is 11.8 Å². The minimum absolute atomic E-state index is 0.670. The highest BCUT2D eigenvalue weighted by molar-refractivity contribution is 4.78. The van der Waals surface area contributed by atoms with Crippen molar-refractivity contribution in [2.24, 2.45) is 11.8 Å². The molecule has 1 aliphatic rings. The highest BCUT2D eigenvalue weighted by atomic mass is 15.2. The maximum atomic E-state index is 3.61. The molecule has 1 atom stereocenters. The van der Waals surface area contributed by atoms with Crippen LogP contribution in [-0.4, -0.2) is 37.1 Å². The van der Waals surface area contributed by atoms with Gasteiger partial charge in [-0.15, -0.1) is 0 Å². The van der Waals surface area contributed by atoms with E-state index in [-0.39, 0.29) is 0 Å². The average molecular weight is 226 g/mol. The summed E-state index contributed by atoms with van der Waals surface area (Å²) in [5, 5.41) is 3.61. The zero-order chi connectivity index (χ0) is 12.0. The number of nitrogens with one attached hydrogen (secondary N) is 1. The summed E-state index contributed by atoms with van der Waals surface area (Å²) in [5.41, 5.74) is 0. The predicted octanol–water partition coefficient (Wildman–Crippen LogP) is 2.74. The van der Waals surface area contributed by atoms with Crippen LogP contribution in [0.1, 0.15) is 47.0 Å². The first-order chi connectivity index (χ1) is 7.67. The van der Waals surface area contributed by atoms with Crippen LogP contribution >= 0.6 is 0 Å². The van der Waals surface area contributed by atoms with Crippen molar-refractivity contribution in [1.82, 2.24) is 10.2 Å². The molecule has 0 aromatic heterocycles. The van der Waals surface area contributed by atoms with Gasteiger partial charge in [0.2, 0.25) is 0 Å². The summed E-state index contributed by atoms with van der Waals surface area (Å²) in [6, 6.07) is 0.670. The van der Waals surface area contributed by atoms with Crippen LogP contribution in [0.25, 0.3) is 0 Å². The van der Waals surface area contributed by atoms with Gasteiger partial charge in [-0.1, -0.05) is 34.1 Å². The number of piperidine rings is 1. The summed E-state index contributed by atoms with van der Waals surface area (Å²) in [5.74, 6) is 1.73. The Morgan fingerprint density at radius 3 is 2.25 bits per heavy atom. The lowest BCUT2D eigenvalue weighted by atomic mass is 9.93. The third kappa shape index (κ3) is 4.42. The number of rotatable bonds is 6. The van der Waals surface area contributed by atoms with E-state index >= 15 is 0 Å². The molecule has 1 saturated heterocycles. The molecule has 1 fully saturated rings. The van der Waals surface area contributed by atoms with E-state index in [1.807, 2.05) is 0 Å². The smallest absolute Gasteiger partial charge is 0.0217 e. The monoisotopic (exact) mass is 226 g/mol. The third-order valence-electron chi connectivity index (χ3n) is 4.01. The van der Waals surface area contributed by atoms with Crippen LogP contribution in [-0.2, 0) is 0 Å². The fraction of sp³-hybridized carbons (Fsp3) is 1.00. The fourth-order valence-electron chi connectivity index (χ4n) is 2.63. The second kappa shape index (κ2) is 7.29. The summed E-state index contributed by atoms with van der Waals surface area (Å²) in [6.45, 7) is 14.1. The lowest BCUT2D eigenvalue weighted by molar-refractivity contribution is 0.155. The van der Waals surface area contributed by atoms with Gasteiger partial charge in [0.15, 0.2) is 0 Å². The van der Waals surface area contributed by atoms with Crippen molar-refractivity contribution in [3.63, 3.8) is 0 Å². The summed E-state index contributed by atoms with van der Waals surface area (Å²) >= 11 is 0. The average Bonchev–Trinajstić information content (AvgIpc) is 2.29. The molecule has 0 aromatic carbocycles. The van der Waals surface area contributed by atoms with Crippen LogP contribution in [0.4, 0.5) is 0 Å². The maximum absolute atomic E-state index is 3.61. The molecule has 0 aliphatic carbocycles. The second-order valence-electron chi connectivity index (χ2n) is 5.56. The number of likely N-dealkylation sites (tertiary alicyclic amines) is 1. The molecule has 2 heteroatoms. The molecule has 0 bridgehead atoms. The van der Waals surface area contributed by atoms with Gasteiger partial charge >= 0.3 is 0 Å². The topological polar surface area (TPSA) is 15.3 Å². The Balaban J connectivity index is 2.30. The molecule has 1 rings (SSSR count). The first-order valence-corrected chi connectivity index (χ1v) is 7.13. The molecule has 1 heterocycles. The number of hydrogen-bond donors (Lipinski definition) is 1. The van der Waals surface area contributed by atoms with E-state index in [1.54, 1.807) is 0 Å². The van der Waals surface area contributed by atoms with Crippen molar-refractivity contribution in [3.05, 3.63) is 0 Å². The molecule has 0 radical (unpaired) electrons. The van der Waals surface area contributed by atoms with Gasteiger partial charge in [-0.05, 0) is 44.3 Å². The van der Waals surface area contributed by atoms with Crippen molar-refractivity contribution < 1.29 is 0 Å². The molecule has 0 spiro atoms. The predicted molar refractivity (Wildman–Crippen MR) is 71.8 cm³/mol. The van der Waals surface area contributed by atoms with Crippen molar-refractivity contribution >= 4 is 0 Å². The standard InChI is InChI=1S/C14H30N2/c1-5-13-7-9-16(10-8-13)11-14(12(3)4)15-6-2/h12-15H,5-11H2,1-4H3. The lowest BCUT2D eigenvalue weighted by Gasteiger charge is -2.35. The van der Waals surface area contributed by atoms with Crippen molar-refractivity contribution in [3.8, 4) is 0 Å². The molecule has 0 aromatic rings. The van der Waals surface area contributed by atoms with E-state index in [0.717, 1.165) is 18.4 Å². The van der Waals surface area contributed by atoms with E-state index in [1.165, 1.54) is 38.9 Å². The van der Waals surface area contributed by atoms with Gasteiger partial charge in [-0.25, -0.2) is 0 Å². The second-order valence-corrected chi connectivity index (χ2v) is 5.56. The van der Waals surface area contributed by atoms with Crippen LogP contribution in [0.5, 0.6) is 0 Å². The van der Waals surface area contributed by atoms with E-state index in [9.17, 15) is 0 Å². The van der Waals surface area contributed by atoms with Crippen LogP contribution in [0.15, 0.2) is 0 Å². The Labute approximate surface area is 102 Å². The molecule has 1 aliphatic heterocycles. The molecule has 96 valence electrons. The Morgan fingerprint density at radius 1 is 1.19 bits per heavy atom. The zero-order valence-electron chi connectivity index (χ0n) is 11.6. The molecule has 1 N–H and O–H groups in total. The van der Waals surface area contributed by atoms with E-state index in [2.05, 4.69) is 37.9 Å². The van der Waals surface area contributed by atoms with Gasteiger partial charge in [-0.3, -0.25) is 0 Å². The Bertz CT molecular complexity index is 172. The Kier molecular flexibility index (Phi) is 6.37. The molecular formula is C14H30N2. The van der Waals surface area contributed by atoms with Crippen molar-refractivity contribution in [1.29, 1.82) is 0 Å². The first kappa shape index (κ1) is 14.0.